The number of hydrogen-bond donors (Lipinski definition) is 4. The first-order valence-corrected chi connectivity index (χ1v) is 17.3. The Bertz CT molecular complexity index is 2310. The van der Waals surface area contributed by atoms with Gasteiger partial charge in [0, 0.05) is 0 Å². The van der Waals surface area contributed by atoms with Crippen molar-refractivity contribution in [3.8, 4) is 5.75 Å². The van der Waals surface area contributed by atoms with Crippen LogP contribution in [0.3, 0.4) is 0 Å². The summed E-state index contributed by atoms with van der Waals surface area (Å²) in [6.07, 6.45) is -1.46. The number of H-pyrrole nitrogens is 1. The smallest absolute Gasteiger partial charge is 0.324 e. The van der Waals surface area contributed by atoms with Gasteiger partial charge in [0.05, 0.1) is 28.0 Å². The third-order valence-corrected chi connectivity index (χ3v) is 9.63. The molecule has 2 heterocycles. The lowest BCUT2D eigenvalue weighted by Crippen LogP contribution is -2.43. The minimum absolute atomic E-state index is 0.00133. The van der Waals surface area contributed by atoms with Crippen LogP contribution >= 0.6 is 0 Å². The number of aromatic amines is 1. The summed E-state index contributed by atoms with van der Waals surface area (Å²) in [6, 6.07) is 32.0. The highest BCUT2D eigenvalue weighted by Crippen LogP contribution is 2.32. The Labute approximate surface area is 286 Å². The first-order chi connectivity index (χ1) is 24.2. The van der Waals surface area contributed by atoms with Gasteiger partial charge in [-0.05, 0) is 64.7 Å². The molecule has 0 spiro atoms. The maximum absolute atomic E-state index is 13.6. The van der Waals surface area contributed by atoms with Crippen LogP contribution in [0, 0.1) is 0 Å². The van der Waals surface area contributed by atoms with Crippen molar-refractivity contribution in [2.45, 2.75) is 36.5 Å². The number of carbonyl (C=O) groups is 3. The van der Waals surface area contributed by atoms with Gasteiger partial charge in [-0.15, -0.1) is 0 Å². The van der Waals surface area contributed by atoms with Gasteiger partial charge in [0.2, 0.25) is 21.9 Å². The number of rotatable bonds is 11. The first kappa shape index (κ1) is 32.5. The molecular formula is C37H31N5O7S. The molecule has 13 heteroatoms. The van der Waals surface area contributed by atoms with Gasteiger partial charge in [0.1, 0.15) is 18.4 Å². The van der Waals surface area contributed by atoms with Gasteiger partial charge >= 0.3 is 5.97 Å². The average Bonchev–Trinajstić information content (AvgIpc) is 3.53. The van der Waals surface area contributed by atoms with Crippen molar-refractivity contribution >= 4 is 61.2 Å². The molecule has 2 atom stereocenters. The molecule has 0 saturated heterocycles. The fourth-order valence-electron chi connectivity index (χ4n) is 5.65. The van der Waals surface area contributed by atoms with Gasteiger partial charge in [-0.25, -0.2) is 13.4 Å². The zero-order valence-electron chi connectivity index (χ0n) is 26.5. The lowest BCUT2D eigenvalue weighted by Gasteiger charge is -2.26. The van der Waals surface area contributed by atoms with Crippen LogP contribution in [0.15, 0.2) is 120 Å². The number of para-hydroxylation sites is 2. The number of aromatic nitrogens is 2. The predicted octanol–water partition coefficient (Wildman–Crippen LogP) is 5.08. The van der Waals surface area contributed by atoms with Crippen LogP contribution in [0.5, 0.6) is 5.75 Å². The molecular weight excluding hydrogens is 659 g/mol. The number of imidazole rings is 1. The molecule has 1 aromatic heterocycles. The number of carbonyl (C=O) groups excluding carboxylic acids is 3. The van der Waals surface area contributed by atoms with E-state index in [0.29, 0.717) is 22.5 Å². The zero-order valence-corrected chi connectivity index (χ0v) is 27.3. The number of benzene rings is 5. The number of ether oxygens (including phenoxy) is 2. The zero-order chi connectivity index (χ0) is 34.7. The summed E-state index contributed by atoms with van der Waals surface area (Å²) in [5.41, 5.74) is 3.03. The topological polar surface area (TPSA) is 169 Å². The Morgan fingerprint density at radius 1 is 0.860 bits per heavy atom. The highest BCUT2D eigenvalue weighted by atomic mass is 32.2. The van der Waals surface area contributed by atoms with Crippen LogP contribution in [0.1, 0.15) is 17.5 Å². The Balaban J connectivity index is 1.06. The fourth-order valence-corrected chi connectivity index (χ4v) is 6.87. The SMILES string of the molecule is O=C(CC1Oc2ccc(C[C@H](NS(=O)(=O)c3ccc4ccccc4c3)C(=O)OCc3ccccc3)cc2NC1=O)Nc1nc2ccccc2[nH]1. The second-order valence-electron chi connectivity index (χ2n) is 11.8. The van der Waals surface area contributed by atoms with Crippen LogP contribution in [-0.2, 0) is 42.2 Å². The number of nitrogens with one attached hydrogen (secondary N) is 4. The fraction of sp³-hybridized carbons (Fsp3) is 0.135. The molecule has 0 bridgehead atoms. The van der Waals surface area contributed by atoms with E-state index >= 15 is 0 Å². The molecule has 50 heavy (non-hydrogen) atoms. The molecule has 12 nitrogen and oxygen atoms in total. The third-order valence-electron chi connectivity index (χ3n) is 8.16. The summed E-state index contributed by atoms with van der Waals surface area (Å²) in [6.45, 7) is -0.0483. The molecule has 0 aliphatic carbocycles. The number of anilines is 2. The van der Waals surface area contributed by atoms with Gasteiger partial charge in [-0.1, -0.05) is 78.9 Å². The maximum Gasteiger partial charge on any atom is 0.324 e. The van der Waals surface area contributed by atoms with E-state index in [1.165, 1.54) is 6.07 Å². The molecule has 2 amide bonds. The molecule has 6 aromatic rings. The van der Waals surface area contributed by atoms with E-state index in [2.05, 4.69) is 25.3 Å². The van der Waals surface area contributed by atoms with Crippen molar-refractivity contribution in [3.63, 3.8) is 0 Å². The quantitative estimate of drug-likeness (QED) is 0.137. The van der Waals surface area contributed by atoms with E-state index in [1.807, 2.05) is 54.6 Å². The first-order valence-electron chi connectivity index (χ1n) is 15.8. The Morgan fingerprint density at radius 3 is 2.44 bits per heavy atom. The lowest BCUT2D eigenvalue weighted by atomic mass is 10.0. The number of sulfonamides is 1. The van der Waals surface area contributed by atoms with Crippen LogP contribution in [0.2, 0.25) is 0 Å². The molecule has 1 aliphatic rings. The van der Waals surface area contributed by atoms with Crippen molar-refractivity contribution in [2.75, 3.05) is 10.6 Å². The molecule has 4 N–H and O–H groups in total. The van der Waals surface area contributed by atoms with Crippen LogP contribution < -0.4 is 20.1 Å². The number of esters is 1. The Hall–Kier alpha value is -6.05. The molecule has 5 aromatic carbocycles. The van der Waals surface area contributed by atoms with Crippen molar-refractivity contribution in [2.24, 2.45) is 0 Å². The highest BCUT2D eigenvalue weighted by molar-refractivity contribution is 7.89. The van der Waals surface area contributed by atoms with Crippen molar-refractivity contribution in [1.82, 2.24) is 14.7 Å². The van der Waals surface area contributed by atoms with E-state index < -0.39 is 40.0 Å². The summed E-state index contributed by atoms with van der Waals surface area (Å²) in [5.74, 6) is -1.21. The molecule has 252 valence electrons. The summed E-state index contributed by atoms with van der Waals surface area (Å²) in [7, 11) is -4.16. The van der Waals surface area contributed by atoms with E-state index in [9.17, 15) is 22.8 Å². The van der Waals surface area contributed by atoms with E-state index in [1.54, 1.807) is 54.6 Å². The summed E-state index contributed by atoms with van der Waals surface area (Å²) >= 11 is 0. The predicted molar refractivity (Wildman–Crippen MR) is 187 cm³/mol. The second-order valence-corrected chi connectivity index (χ2v) is 13.5. The normalized spacial score (nSPS) is 14.7. The third kappa shape index (κ3) is 7.33. The van der Waals surface area contributed by atoms with E-state index in [4.69, 9.17) is 9.47 Å². The summed E-state index contributed by atoms with van der Waals surface area (Å²) in [4.78, 5) is 46.5. The average molecular weight is 690 g/mol. The van der Waals surface area contributed by atoms with Crippen LogP contribution in [-0.4, -0.2) is 48.3 Å². The minimum atomic E-state index is -4.16. The molecule has 0 saturated carbocycles. The summed E-state index contributed by atoms with van der Waals surface area (Å²) < 4.78 is 41.1. The van der Waals surface area contributed by atoms with Gasteiger partial charge in [-0.3, -0.25) is 19.7 Å². The molecule has 7 rings (SSSR count). The standard InChI is InChI=1S/C37H31N5O7S/c43-34(41-37-39-28-12-6-7-13-29(28)40-37)21-33-35(44)38-30-18-24(14-17-32(30)49-33)19-31(36(45)48-22-23-8-2-1-3-9-23)42-50(46,47)27-16-15-25-10-4-5-11-26(25)20-27/h1-18,20,31,33,42H,19,21-22H2,(H,38,44)(H2,39,40,41,43)/t31-,33?/m0/s1. The Morgan fingerprint density at radius 2 is 1.62 bits per heavy atom. The maximum atomic E-state index is 13.6. The van der Waals surface area contributed by atoms with Gasteiger partial charge in [0.15, 0.2) is 6.10 Å². The van der Waals surface area contributed by atoms with Crippen molar-refractivity contribution < 1.29 is 32.3 Å². The highest BCUT2D eigenvalue weighted by Gasteiger charge is 2.32. The van der Waals surface area contributed by atoms with Crippen LogP contribution in [0.4, 0.5) is 11.6 Å². The van der Waals surface area contributed by atoms with Crippen LogP contribution in [0.25, 0.3) is 21.8 Å². The molecule has 0 fully saturated rings. The number of nitrogens with zero attached hydrogens (tertiary/aromatic N) is 1. The summed E-state index contributed by atoms with van der Waals surface area (Å²) in [5, 5.41) is 7.02. The largest absolute Gasteiger partial charge is 0.478 e. The van der Waals surface area contributed by atoms with E-state index in [-0.39, 0.29) is 30.3 Å². The van der Waals surface area contributed by atoms with Gasteiger partial charge in [-0.2, -0.15) is 4.72 Å². The number of amides is 2. The molecule has 1 aliphatic heterocycles. The number of fused-ring (bicyclic) bond motifs is 3. The number of hydrogen-bond acceptors (Lipinski definition) is 8. The van der Waals surface area contributed by atoms with Gasteiger partial charge in [0.25, 0.3) is 5.91 Å². The van der Waals surface area contributed by atoms with Crippen molar-refractivity contribution in [1.29, 1.82) is 0 Å². The van der Waals surface area contributed by atoms with Gasteiger partial charge < -0.3 is 19.8 Å². The lowest BCUT2D eigenvalue weighted by molar-refractivity contribution is -0.147. The molecule has 0 radical (unpaired) electrons. The monoisotopic (exact) mass is 689 g/mol. The minimum Gasteiger partial charge on any atom is -0.478 e. The second kappa shape index (κ2) is 13.8. The van der Waals surface area contributed by atoms with E-state index in [0.717, 1.165) is 21.9 Å². The van der Waals surface area contributed by atoms with Crippen molar-refractivity contribution in [3.05, 3.63) is 126 Å². The Kier molecular flexibility index (Phi) is 8.98. The molecule has 1 unspecified atom stereocenters.